The van der Waals surface area contributed by atoms with Crippen molar-refractivity contribution in [3.8, 4) is 0 Å². The summed E-state index contributed by atoms with van der Waals surface area (Å²) in [6, 6.07) is 23.6. The highest BCUT2D eigenvalue weighted by Gasteiger charge is 2.17. The molecular weight excluding hydrogens is 258 g/mol. The number of hydrogen-bond acceptors (Lipinski definition) is 1. The number of nitrogens with zero attached hydrogens (tertiary/aromatic N) is 1. The second-order valence-corrected chi connectivity index (χ2v) is 4.71. The second kappa shape index (κ2) is 5.63. The number of benzene rings is 3. The van der Waals surface area contributed by atoms with Crippen LogP contribution in [0.4, 0.5) is 11.4 Å². The maximum absolute atomic E-state index is 12.4. The summed E-state index contributed by atoms with van der Waals surface area (Å²) in [7, 11) is 0. The van der Waals surface area contributed by atoms with Gasteiger partial charge in [-0.05, 0) is 29.7 Å². The Hall–Kier alpha value is -2.87. The van der Waals surface area contributed by atoms with Crippen molar-refractivity contribution in [3.63, 3.8) is 0 Å². The summed E-state index contributed by atoms with van der Waals surface area (Å²) in [6.45, 7) is 3.62. The molecule has 0 atom stereocenters. The molecule has 0 saturated heterocycles. The highest BCUT2D eigenvalue weighted by atomic mass is 16.2. The molecule has 0 aliphatic heterocycles. The van der Waals surface area contributed by atoms with Crippen molar-refractivity contribution in [1.29, 1.82) is 0 Å². The first-order valence-corrected chi connectivity index (χ1v) is 6.80. The van der Waals surface area contributed by atoms with Gasteiger partial charge in [-0.3, -0.25) is 9.69 Å². The lowest BCUT2D eigenvalue weighted by Gasteiger charge is -2.23. The summed E-state index contributed by atoms with van der Waals surface area (Å²) in [6.07, 6.45) is 1.34. The van der Waals surface area contributed by atoms with Crippen LogP contribution in [0.2, 0.25) is 0 Å². The normalized spacial score (nSPS) is 10.3. The Kier molecular flexibility index (Phi) is 3.52. The number of anilines is 2. The van der Waals surface area contributed by atoms with E-state index in [4.69, 9.17) is 0 Å². The molecule has 0 N–H and O–H groups in total. The first-order valence-electron chi connectivity index (χ1n) is 6.80. The first kappa shape index (κ1) is 13.1. The predicted octanol–water partition coefficient (Wildman–Crippen LogP) is 4.69. The lowest BCUT2D eigenvalue weighted by atomic mass is 10.1. The van der Waals surface area contributed by atoms with Crippen molar-refractivity contribution in [1.82, 2.24) is 0 Å². The van der Waals surface area contributed by atoms with E-state index in [-0.39, 0.29) is 5.91 Å². The fourth-order valence-corrected chi connectivity index (χ4v) is 2.46. The van der Waals surface area contributed by atoms with Crippen LogP contribution < -0.4 is 4.90 Å². The van der Waals surface area contributed by atoms with Gasteiger partial charge in [0.05, 0.1) is 5.69 Å². The summed E-state index contributed by atoms with van der Waals surface area (Å²) in [5, 5.41) is 2.15. The Morgan fingerprint density at radius 2 is 1.52 bits per heavy atom. The van der Waals surface area contributed by atoms with Crippen molar-refractivity contribution < 1.29 is 4.79 Å². The molecule has 2 nitrogen and oxygen atoms in total. The molecule has 2 heteroatoms. The molecule has 1 amide bonds. The quantitative estimate of drug-likeness (QED) is 0.634. The minimum absolute atomic E-state index is 0.141. The average Bonchev–Trinajstić information content (AvgIpc) is 2.56. The van der Waals surface area contributed by atoms with Gasteiger partial charge in [-0.15, -0.1) is 0 Å². The van der Waals surface area contributed by atoms with E-state index in [0.717, 1.165) is 22.1 Å². The number of carbonyl (C=O) groups is 1. The van der Waals surface area contributed by atoms with Gasteiger partial charge in [0, 0.05) is 11.1 Å². The van der Waals surface area contributed by atoms with E-state index in [9.17, 15) is 4.79 Å². The Balaban J connectivity index is 2.25. The Morgan fingerprint density at radius 3 is 2.29 bits per heavy atom. The smallest absolute Gasteiger partial charge is 0.254 e. The fraction of sp³-hybridized carbons (Fsp3) is 0. The Labute approximate surface area is 123 Å². The van der Waals surface area contributed by atoms with Crippen LogP contribution in [0, 0.1) is 0 Å². The van der Waals surface area contributed by atoms with Crippen molar-refractivity contribution in [2.24, 2.45) is 0 Å². The van der Waals surface area contributed by atoms with Gasteiger partial charge in [0.1, 0.15) is 0 Å². The number of hydrogen-bond donors (Lipinski definition) is 0. The van der Waals surface area contributed by atoms with Crippen molar-refractivity contribution in [3.05, 3.63) is 85.5 Å². The third-order valence-electron chi connectivity index (χ3n) is 3.42. The largest absolute Gasteiger partial charge is 0.277 e. The molecule has 0 aromatic heterocycles. The van der Waals surface area contributed by atoms with Crippen LogP contribution in [0.1, 0.15) is 0 Å². The van der Waals surface area contributed by atoms with E-state index in [1.165, 1.54) is 6.08 Å². The van der Waals surface area contributed by atoms with Crippen LogP contribution in [0.3, 0.4) is 0 Å². The number of para-hydroxylation sites is 1. The van der Waals surface area contributed by atoms with E-state index in [2.05, 4.69) is 6.58 Å². The zero-order valence-corrected chi connectivity index (χ0v) is 11.6. The zero-order chi connectivity index (χ0) is 14.7. The number of rotatable bonds is 3. The van der Waals surface area contributed by atoms with E-state index >= 15 is 0 Å². The minimum atomic E-state index is -0.141. The molecule has 3 aromatic rings. The first-order chi connectivity index (χ1) is 10.3. The van der Waals surface area contributed by atoms with Gasteiger partial charge in [0.25, 0.3) is 5.91 Å². The minimum Gasteiger partial charge on any atom is -0.277 e. The van der Waals surface area contributed by atoms with Crippen LogP contribution in [0.25, 0.3) is 10.8 Å². The maximum Gasteiger partial charge on any atom is 0.254 e. The van der Waals surface area contributed by atoms with Gasteiger partial charge in [-0.25, -0.2) is 0 Å². The van der Waals surface area contributed by atoms with E-state index in [0.29, 0.717) is 0 Å². The average molecular weight is 273 g/mol. The molecule has 3 aromatic carbocycles. The van der Waals surface area contributed by atoms with E-state index in [1.807, 2.05) is 72.8 Å². The molecule has 0 unspecified atom stereocenters. The summed E-state index contributed by atoms with van der Waals surface area (Å²) >= 11 is 0. The maximum atomic E-state index is 12.4. The van der Waals surface area contributed by atoms with Crippen LogP contribution in [0.5, 0.6) is 0 Å². The molecule has 0 aliphatic rings. The predicted molar refractivity (Wildman–Crippen MR) is 87.7 cm³/mol. The van der Waals surface area contributed by atoms with Crippen molar-refractivity contribution >= 4 is 28.1 Å². The molecule has 0 aliphatic carbocycles. The monoisotopic (exact) mass is 273 g/mol. The highest BCUT2D eigenvalue weighted by molar-refractivity contribution is 6.12. The SMILES string of the molecule is C=CC(=O)N(c1ccccc1)c1cccc2ccccc12. The van der Waals surface area contributed by atoms with Gasteiger partial charge in [-0.1, -0.05) is 61.2 Å². The van der Waals surface area contributed by atoms with E-state index in [1.54, 1.807) is 4.90 Å². The third-order valence-corrected chi connectivity index (χ3v) is 3.42. The molecule has 0 fully saturated rings. The third kappa shape index (κ3) is 2.43. The number of carbonyl (C=O) groups excluding carboxylic acids is 1. The molecule has 0 spiro atoms. The molecular formula is C19H15NO. The zero-order valence-electron chi connectivity index (χ0n) is 11.6. The van der Waals surface area contributed by atoms with Gasteiger partial charge < -0.3 is 0 Å². The van der Waals surface area contributed by atoms with Gasteiger partial charge >= 0.3 is 0 Å². The summed E-state index contributed by atoms with van der Waals surface area (Å²) in [5.41, 5.74) is 1.70. The topological polar surface area (TPSA) is 20.3 Å². The standard InChI is InChI=1S/C19H15NO/c1-2-19(21)20(16-11-4-3-5-12-16)18-14-8-10-15-9-6-7-13-17(15)18/h2-14H,1H2. The molecule has 0 heterocycles. The van der Waals surface area contributed by atoms with Crippen LogP contribution in [0.15, 0.2) is 85.5 Å². The number of fused-ring (bicyclic) bond motifs is 1. The van der Waals surface area contributed by atoms with Crippen molar-refractivity contribution in [2.75, 3.05) is 4.90 Å². The van der Waals surface area contributed by atoms with Crippen LogP contribution in [-0.4, -0.2) is 5.91 Å². The summed E-state index contributed by atoms with van der Waals surface area (Å²) in [4.78, 5) is 14.1. The molecule has 0 bridgehead atoms. The van der Waals surface area contributed by atoms with Crippen LogP contribution in [-0.2, 0) is 4.79 Å². The molecule has 3 rings (SSSR count). The summed E-state index contributed by atoms with van der Waals surface area (Å²) < 4.78 is 0. The van der Waals surface area contributed by atoms with Gasteiger partial charge in [0.2, 0.25) is 0 Å². The van der Waals surface area contributed by atoms with Gasteiger partial charge in [-0.2, -0.15) is 0 Å². The lowest BCUT2D eigenvalue weighted by Crippen LogP contribution is -2.23. The molecule has 0 saturated carbocycles. The van der Waals surface area contributed by atoms with Crippen LogP contribution >= 0.6 is 0 Å². The number of amides is 1. The van der Waals surface area contributed by atoms with E-state index < -0.39 is 0 Å². The molecule has 102 valence electrons. The molecule has 0 radical (unpaired) electrons. The van der Waals surface area contributed by atoms with Crippen molar-refractivity contribution in [2.45, 2.75) is 0 Å². The highest BCUT2D eigenvalue weighted by Crippen LogP contribution is 2.32. The molecule has 21 heavy (non-hydrogen) atoms. The summed E-state index contributed by atoms with van der Waals surface area (Å²) in [5.74, 6) is -0.141. The fourth-order valence-electron chi connectivity index (χ4n) is 2.46. The lowest BCUT2D eigenvalue weighted by molar-refractivity contribution is -0.113. The Bertz CT molecular complexity index is 788. The Morgan fingerprint density at radius 1 is 0.857 bits per heavy atom. The second-order valence-electron chi connectivity index (χ2n) is 4.71. The van der Waals surface area contributed by atoms with Gasteiger partial charge in [0.15, 0.2) is 0 Å².